The smallest absolute Gasteiger partial charge is 0.399 e. The molecule has 5 heterocycles. The van der Waals surface area contributed by atoms with Crippen LogP contribution in [-0.4, -0.2) is 58.2 Å². The van der Waals surface area contributed by atoms with Crippen LogP contribution in [0.1, 0.15) is 27.7 Å². The summed E-state index contributed by atoms with van der Waals surface area (Å²) in [4.78, 5) is 31.9. The summed E-state index contributed by atoms with van der Waals surface area (Å²) in [6.45, 7) is 8.23. The highest BCUT2D eigenvalue weighted by Gasteiger charge is 2.51. The summed E-state index contributed by atoms with van der Waals surface area (Å²) in [6.07, 6.45) is 6.48. The highest BCUT2D eigenvalue weighted by Crippen LogP contribution is 2.36. The Morgan fingerprint density at radius 2 is 1.09 bits per heavy atom. The number of halogens is 1. The molecule has 0 radical (unpaired) electrons. The van der Waals surface area contributed by atoms with Crippen molar-refractivity contribution in [3.05, 3.63) is 127 Å². The van der Waals surface area contributed by atoms with E-state index < -0.39 is 0 Å². The number of benzene rings is 4. The Bertz CT molecular complexity index is 2510. The molecule has 4 aromatic heterocycles. The van der Waals surface area contributed by atoms with Crippen LogP contribution in [0.4, 0.5) is 11.6 Å². The number of imidazole rings is 2. The second kappa shape index (κ2) is 15.2. The monoisotopic (exact) mass is 780 g/mol. The molecule has 1 fully saturated rings. The molecule has 0 aliphatic carbocycles. The van der Waals surface area contributed by atoms with Crippen LogP contribution in [0.5, 0.6) is 0 Å². The van der Waals surface area contributed by atoms with E-state index in [2.05, 4.69) is 83.5 Å². The molecule has 12 nitrogen and oxygen atoms in total. The van der Waals surface area contributed by atoms with Gasteiger partial charge in [-0.3, -0.25) is 4.98 Å². The van der Waals surface area contributed by atoms with Crippen molar-refractivity contribution in [1.29, 1.82) is 0 Å². The molecule has 14 heteroatoms. The lowest BCUT2D eigenvalue weighted by molar-refractivity contribution is 0.00578. The second-order valence-corrected chi connectivity index (χ2v) is 14.3. The topological polar surface area (TPSA) is 179 Å². The number of H-pyrrole nitrogens is 2. The summed E-state index contributed by atoms with van der Waals surface area (Å²) >= 11 is 3.34. The minimum atomic E-state index is -0.317. The van der Waals surface area contributed by atoms with Gasteiger partial charge in [0.2, 0.25) is 0 Å². The highest BCUT2D eigenvalue weighted by molar-refractivity contribution is 9.10. The predicted octanol–water partition coefficient (Wildman–Crippen LogP) is 7.62. The third-order valence-electron chi connectivity index (χ3n) is 9.30. The molecule has 4 aromatic carbocycles. The van der Waals surface area contributed by atoms with Crippen molar-refractivity contribution in [3.8, 4) is 33.8 Å². The van der Waals surface area contributed by atoms with Gasteiger partial charge >= 0.3 is 7.12 Å². The van der Waals surface area contributed by atoms with Gasteiger partial charge in [-0.25, -0.2) is 24.9 Å². The number of hydrogen-bond acceptors (Lipinski definition) is 10. The number of nitrogens with two attached hydrogens (primary N) is 2. The van der Waals surface area contributed by atoms with Crippen LogP contribution in [-0.2, 0) is 9.31 Å². The van der Waals surface area contributed by atoms with Gasteiger partial charge in [-0.05, 0) is 73.4 Å². The number of aromatic amines is 2. The Morgan fingerprint density at radius 3 is 1.70 bits per heavy atom. The average Bonchev–Trinajstić information content (AvgIpc) is 3.90. The van der Waals surface area contributed by atoms with Gasteiger partial charge in [0.05, 0.1) is 69.7 Å². The Hall–Kier alpha value is -5.96. The van der Waals surface area contributed by atoms with Gasteiger partial charge in [0.1, 0.15) is 21.9 Å². The van der Waals surface area contributed by atoms with Crippen molar-refractivity contribution < 1.29 is 9.31 Å². The zero-order chi connectivity index (χ0) is 37.9. The van der Waals surface area contributed by atoms with Crippen LogP contribution >= 0.6 is 15.9 Å². The summed E-state index contributed by atoms with van der Waals surface area (Å²) in [6, 6.07) is 31.7. The molecule has 270 valence electrons. The predicted molar refractivity (Wildman–Crippen MR) is 218 cm³/mol. The molecule has 1 aliphatic heterocycles. The molecule has 9 rings (SSSR count). The molecule has 0 bridgehead atoms. The SMILES string of the molecule is CC1(C)OB(c2ccc3nc[nH]c3c2)OC1(C)C.Nc1cnc(-c2ccc3nc[nH]c3c2)c(-c2ccccc2)n1.Nc1cnc(Br)c(-c2ccccc2)n1. The van der Waals surface area contributed by atoms with Gasteiger partial charge in [0.15, 0.2) is 0 Å². The minimum absolute atomic E-state index is 0.305. The third kappa shape index (κ3) is 7.86. The van der Waals surface area contributed by atoms with Crippen LogP contribution < -0.4 is 16.9 Å². The fraction of sp³-hybridized carbons (Fsp3) is 0.150. The van der Waals surface area contributed by atoms with Gasteiger partial charge in [-0.2, -0.15) is 0 Å². The van der Waals surface area contributed by atoms with E-state index in [0.717, 1.165) is 61.3 Å². The first-order chi connectivity index (χ1) is 26.0. The standard InChI is InChI=1S/C17H13N5.C13H17BN2O2.C10H8BrN3/c18-15-9-19-16(17(22-15)11-4-2-1-3-5-11)12-6-7-13-14(8-12)21-10-20-13;1-12(2)13(3,4)18-14(17-12)9-5-6-10-11(7-9)16-8-15-10;11-10-9(14-8(12)6-13-10)7-4-2-1-3-5-7/h1-10H,(H2,18,22)(H,20,21);5-8H,1-4H3,(H,15,16);1-6H,(H2,12,14). The lowest BCUT2D eigenvalue weighted by atomic mass is 9.79. The summed E-state index contributed by atoms with van der Waals surface area (Å²) < 4.78 is 12.7. The minimum Gasteiger partial charge on any atom is -0.399 e. The first kappa shape index (κ1) is 36.4. The van der Waals surface area contributed by atoms with Gasteiger partial charge in [0.25, 0.3) is 0 Å². The van der Waals surface area contributed by atoms with Gasteiger partial charge in [0, 0.05) is 16.7 Å². The van der Waals surface area contributed by atoms with Crippen molar-refractivity contribution >= 4 is 62.2 Å². The first-order valence-electron chi connectivity index (χ1n) is 17.2. The maximum atomic E-state index is 6.02. The summed E-state index contributed by atoms with van der Waals surface area (Å²) in [5.74, 6) is 0.831. The largest absolute Gasteiger partial charge is 0.494 e. The van der Waals surface area contributed by atoms with Crippen LogP contribution in [0, 0.1) is 0 Å². The Balaban J connectivity index is 0.000000128. The Labute approximate surface area is 321 Å². The maximum absolute atomic E-state index is 6.02. The molecule has 54 heavy (non-hydrogen) atoms. The molecule has 8 aromatic rings. The van der Waals surface area contributed by atoms with Crippen molar-refractivity contribution in [2.75, 3.05) is 11.5 Å². The van der Waals surface area contributed by atoms with Crippen LogP contribution in [0.2, 0.25) is 0 Å². The van der Waals surface area contributed by atoms with Crippen molar-refractivity contribution in [2.24, 2.45) is 0 Å². The molecule has 1 aliphatic rings. The van der Waals surface area contributed by atoms with Crippen LogP contribution in [0.3, 0.4) is 0 Å². The summed E-state index contributed by atoms with van der Waals surface area (Å²) in [5.41, 5.74) is 21.0. The summed E-state index contributed by atoms with van der Waals surface area (Å²) in [7, 11) is -0.317. The number of nitrogens with zero attached hydrogens (tertiary/aromatic N) is 6. The number of hydrogen-bond donors (Lipinski definition) is 4. The van der Waals surface area contributed by atoms with Gasteiger partial charge < -0.3 is 30.7 Å². The number of anilines is 2. The van der Waals surface area contributed by atoms with E-state index in [1.807, 2.05) is 97.1 Å². The van der Waals surface area contributed by atoms with E-state index in [1.165, 1.54) is 6.20 Å². The van der Waals surface area contributed by atoms with E-state index in [9.17, 15) is 0 Å². The van der Waals surface area contributed by atoms with Crippen molar-refractivity contribution in [2.45, 2.75) is 38.9 Å². The van der Waals surface area contributed by atoms with Crippen LogP contribution in [0.15, 0.2) is 127 Å². The third-order valence-corrected chi connectivity index (χ3v) is 9.88. The Kier molecular flexibility index (Phi) is 10.2. The normalized spacial score (nSPS) is 14.3. The molecule has 0 unspecified atom stereocenters. The van der Waals surface area contributed by atoms with E-state index in [0.29, 0.717) is 16.2 Å². The maximum Gasteiger partial charge on any atom is 0.494 e. The lowest BCUT2D eigenvalue weighted by Gasteiger charge is -2.32. The van der Waals surface area contributed by atoms with E-state index in [4.69, 9.17) is 20.8 Å². The molecule has 0 saturated carbocycles. The fourth-order valence-electron chi connectivity index (χ4n) is 5.74. The number of aromatic nitrogens is 8. The number of nitrogens with one attached hydrogen (secondary N) is 2. The number of fused-ring (bicyclic) bond motifs is 2. The molecule has 0 atom stereocenters. The highest BCUT2D eigenvalue weighted by atomic mass is 79.9. The average molecular weight is 782 g/mol. The van der Waals surface area contributed by atoms with E-state index >= 15 is 0 Å². The molecular weight excluding hydrogens is 743 g/mol. The lowest BCUT2D eigenvalue weighted by Crippen LogP contribution is -2.41. The first-order valence-corrected chi connectivity index (χ1v) is 18.0. The van der Waals surface area contributed by atoms with Gasteiger partial charge in [-0.1, -0.05) is 72.8 Å². The number of nitrogen functional groups attached to an aromatic ring is 2. The van der Waals surface area contributed by atoms with Gasteiger partial charge in [-0.15, -0.1) is 0 Å². The summed E-state index contributed by atoms with van der Waals surface area (Å²) in [5, 5.41) is 0. The molecule has 1 saturated heterocycles. The molecule has 6 N–H and O–H groups in total. The zero-order valence-electron chi connectivity index (χ0n) is 30.2. The quantitative estimate of drug-likeness (QED) is 0.130. The van der Waals surface area contributed by atoms with E-state index in [-0.39, 0.29) is 18.3 Å². The molecule has 0 spiro atoms. The van der Waals surface area contributed by atoms with E-state index in [1.54, 1.807) is 18.9 Å². The Morgan fingerprint density at radius 1 is 0.574 bits per heavy atom. The second-order valence-electron chi connectivity index (χ2n) is 13.6. The fourth-order valence-corrected chi connectivity index (χ4v) is 6.16. The van der Waals surface area contributed by atoms with Crippen molar-refractivity contribution in [3.63, 3.8) is 0 Å². The molecule has 0 amide bonds. The zero-order valence-corrected chi connectivity index (χ0v) is 31.7. The van der Waals surface area contributed by atoms with Crippen molar-refractivity contribution in [1.82, 2.24) is 39.9 Å². The molecular formula is C40H38BBrN10O2. The van der Waals surface area contributed by atoms with Crippen LogP contribution in [0.25, 0.3) is 55.8 Å². The number of rotatable bonds is 4.